The fourth-order valence-corrected chi connectivity index (χ4v) is 8.28. The SMILES string of the molecule is CN(C)C(=O)[C@@H](NC(=O)CNC(=O)C(=O)[C@H](CCC(F)(F)F)NC(=O)[C@@H]1[C@@H]2[C@H](CN1C(=O)[C@@H](NC(=O)OC(C)(C)C)C1Cc3ccccc3C1)C2(C)C)c1ccccc1. The maximum absolute atomic E-state index is 14.6. The molecular weight excluding hydrogens is 773 g/mol. The van der Waals surface area contributed by atoms with E-state index in [0.717, 1.165) is 11.1 Å². The van der Waals surface area contributed by atoms with E-state index in [1.807, 2.05) is 38.1 Å². The van der Waals surface area contributed by atoms with Crippen molar-refractivity contribution in [3.63, 3.8) is 0 Å². The van der Waals surface area contributed by atoms with E-state index in [0.29, 0.717) is 18.4 Å². The Morgan fingerprint density at radius 3 is 2.03 bits per heavy atom. The third-order valence-electron chi connectivity index (χ3n) is 11.4. The molecule has 0 aromatic heterocycles. The van der Waals surface area contributed by atoms with Crippen LogP contribution in [-0.4, -0.2) is 108 Å². The van der Waals surface area contributed by atoms with Crippen LogP contribution in [0, 0.1) is 23.2 Å². The number of likely N-dealkylation sites (tertiary alicyclic amines) is 1. The number of amides is 6. The molecule has 1 aliphatic heterocycles. The van der Waals surface area contributed by atoms with Gasteiger partial charge in [-0.3, -0.25) is 28.8 Å². The predicted molar refractivity (Wildman–Crippen MR) is 208 cm³/mol. The highest BCUT2D eigenvalue weighted by atomic mass is 19.4. The molecule has 0 unspecified atom stereocenters. The molecule has 1 heterocycles. The summed E-state index contributed by atoms with van der Waals surface area (Å²) in [4.78, 5) is 96.9. The van der Waals surface area contributed by atoms with E-state index in [1.54, 1.807) is 51.1 Å². The number of alkyl carbamates (subject to hydrolysis) is 1. The summed E-state index contributed by atoms with van der Waals surface area (Å²) in [6, 6.07) is 10.4. The van der Waals surface area contributed by atoms with Crippen molar-refractivity contribution in [2.45, 2.75) is 96.2 Å². The van der Waals surface area contributed by atoms with Crippen LogP contribution in [0.5, 0.6) is 0 Å². The van der Waals surface area contributed by atoms with Gasteiger partial charge in [0.2, 0.25) is 29.4 Å². The van der Waals surface area contributed by atoms with E-state index >= 15 is 0 Å². The molecule has 2 fully saturated rings. The molecule has 4 N–H and O–H groups in total. The summed E-state index contributed by atoms with van der Waals surface area (Å²) in [5.74, 6) is -6.75. The number of piperidine rings is 1. The van der Waals surface area contributed by atoms with Gasteiger partial charge in [-0.2, -0.15) is 13.2 Å². The number of rotatable bonds is 14. The molecular formula is C42H53F3N6O8. The molecule has 5 rings (SSSR count). The van der Waals surface area contributed by atoms with Gasteiger partial charge in [0.05, 0.1) is 12.6 Å². The first-order valence-electron chi connectivity index (χ1n) is 19.6. The predicted octanol–water partition coefficient (Wildman–Crippen LogP) is 3.24. The Kier molecular flexibility index (Phi) is 13.2. The van der Waals surface area contributed by atoms with Crippen LogP contribution in [0.2, 0.25) is 0 Å². The number of hydrogen-bond acceptors (Lipinski definition) is 8. The van der Waals surface area contributed by atoms with E-state index < -0.39 is 114 Å². The van der Waals surface area contributed by atoms with Gasteiger partial charge in [-0.1, -0.05) is 68.4 Å². The van der Waals surface area contributed by atoms with Gasteiger partial charge in [-0.05, 0) is 79.9 Å². The molecule has 2 aromatic rings. The standard InChI is InChI=1S/C42H53F3N6O8/c1-40(2,3)59-39(58)49-32(26-19-24-15-11-12-16-25(24)20-26)38(57)51-22-27-30(41(27,4)5)33(51)35(54)47-28(17-18-42(43,44)45)34(53)36(55)46-21-29(52)48-31(37(56)50(6)7)23-13-9-8-10-14-23/h8-16,26-28,30-33H,17-22H2,1-7H3,(H,46,55)(H,47,54)(H,48,52)(H,49,58)/t27-,28-,30-,31-,32-,33-/m0/s1. The average molecular weight is 827 g/mol. The van der Waals surface area contributed by atoms with Crippen molar-refractivity contribution in [1.82, 2.24) is 31.1 Å². The van der Waals surface area contributed by atoms with Gasteiger partial charge in [-0.25, -0.2) is 4.79 Å². The highest BCUT2D eigenvalue weighted by Crippen LogP contribution is 2.65. The van der Waals surface area contributed by atoms with Crippen molar-refractivity contribution >= 4 is 41.4 Å². The molecule has 6 atom stereocenters. The number of fused-ring (bicyclic) bond motifs is 2. The molecule has 6 amide bonds. The van der Waals surface area contributed by atoms with Gasteiger partial charge in [-0.15, -0.1) is 0 Å². The zero-order valence-corrected chi connectivity index (χ0v) is 34.3. The number of carbonyl (C=O) groups is 7. The number of alkyl halides is 3. The Morgan fingerprint density at radius 1 is 0.881 bits per heavy atom. The first kappa shape index (κ1) is 44.6. The lowest BCUT2D eigenvalue weighted by Crippen LogP contribution is -2.60. The maximum Gasteiger partial charge on any atom is 0.408 e. The van der Waals surface area contributed by atoms with Crippen molar-refractivity contribution in [3.05, 3.63) is 71.3 Å². The Hall–Kier alpha value is -5.48. The first-order chi connectivity index (χ1) is 27.5. The van der Waals surface area contributed by atoms with Crippen LogP contribution < -0.4 is 21.3 Å². The van der Waals surface area contributed by atoms with Gasteiger partial charge in [0.1, 0.15) is 23.7 Å². The smallest absolute Gasteiger partial charge is 0.408 e. The fraction of sp³-hybridized carbons (Fsp3) is 0.548. The number of halogens is 3. The summed E-state index contributed by atoms with van der Waals surface area (Å²) in [5.41, 5.74) is 1.11. The Morgan fingerprint density at radius 2 is 1.47 bits per heavy atom. The Balaban J connectivity index is 1.33. The van der Waals surface area contributed by atoms with E-state index in [1.165, 1.54) is 23.9 Å². The molecule has 1 saturated heterocycles. The number of ketones is 1. The van der Waals surface area contributed by atoms with Gasteiger partial charge in [0, 0.05) is 27.1 Å². The summed E-state index contributed by atoms with van der Waals surface area (Å²) in [7, 11) is 2.97. The van der Waals surface area contributed by atoms with Gasteiger partial charge >= 0.3 is 12.3 Å². The number of ether oxygens (including phenoxy) is 1. The number of likely N-dealkylation sites (N-methyl/N-ethyl adjacent to an activating group) is 1. The van der Waals surface area contributed by atoms with Crippen LogP contribution in [0.4, 0.5) is 18.0 Å². The number of nitrogens with zero attached hydrogens (tertiary/aromatic N) is 2. The minimum absolute atomic E-state index is 0.109. The minimum atomic E-state index is -4.76. The summed E-state index contributed by atoms with van der Waals surface area (Å²) >= 11 is 0. The second kappa shape index (κ2) is 17.4. The van der Waals surface area contributed by atoms with Crippen LogP contribution in [0.15, 0.2) is 54.6 Å². The number of Topliss-reactive ketones (excluding diaryl/α,β-unsaturated/α-hetero) is 1. The maximum atomic E-state index is 14.6. The van der Waals surface area contributed by atoms with Crippen LogP contribution in [0.3, 0.4) is 0 Å². The highest BCUT2D eigenvalue weighted by molar-refractivity contribution is 6.38. The molecule has 3 aliphatic rings. The Labute approximate surface area is 341 Å². The normalized spacial score (nSPS) is 20.8. The van der Waals surface area contributed by atoms with Crippen LogP contribution >= 0.6 is 0 Å². The third kappa shape index (κ3) is 10.8. The van der Waals surface area contributed by atoms with E-state index in [2.05, 4.69) is 21.3 Å². The van der Waals surface area contributed by atoms with Crippen LogP contribution in [0.1, 0.15) is 70.2 Å². The Bertz CT molecular complexity index is 1920. The summed E-state index contributed by atoms with van der Waals surface area (Å²) in [6.07, 6.45) is -7.23. The fourth-order valence-electron chi connectivity index (χ4n) is 8.28. The molecule has 2 aromatic carbocycles. The largest absolute Gasteiger partial charge is 0.444 e. The zero-order chi connectivity index (χ0) is 43.6. The number of hydrogen-bond donors (Lipinski definition) is 4. The molecule has 59 heavy (non-hydrogen) atoms. The third-order valence-corrected chi connectivity index (χ3v) is 11.4. The molecule has 1 saturated carbocycles. The summed E-state index contributed by atoms with van der Waals surface area (Å²) in [6.45, 7) is 8.11. The molecule has 14 nitrogen and oxygen atoms in total. The number of nitrogens with one attached hydrogen (secondary N) is 4. The molecule has 0 radical (unpaired) electrons. The van der Waals surface area contributed by atoms with Crippen molar-refractivity contribution in [2.75, 3.05) is 27.2 Å². The monoisotopic (exact) mass is 826 g/mol. The number of carbonyl (C=O) groups excluding carboxylic acids is 7. The van der Waals surface area contributed by atoms with Crippen molar-refractivity contribution in [3.8, 4) is 0 Å². The lowest BCUT2D eigenvalue weighted by atomic mass is 9.93. The lowest BCUT2D eigenvalue weighted by molar-refractivity contribution is -0.148. The van der Waals surface area contributed by atoms with E-state index in [-0.39, 0.29) is 12.5 Å². The molecule has 0 bridgehead atoms. The molecule has 0 spiro atoms. The topological polar surface area (TPSA) is 183 Å². The average Bonchev–Trinajstić information content (AvgIpc) is 3.51. The second-order valence-electron chi connectivity index (χ2n) is 17.4. The van der Waals surface area contributed by atoms with Crippen LogP contribution in [0.25, 0.3) is 0 Å². The van der Waals surface area contributed by atoms with E-state index in [4.69, 9.17) is 4.74 Å². The molecule has 17 heteroatoms. The van der Waals surface area contributed by atoms with Gasteiger partial charge in [0.25, 0.3) is 5.91 Å². The quantitative estimate of drug-likeness (QED) is 0.210. The van der Waals surface area contributed by atoms with Gasteiger partial charge in [0.15, 0.2) is 0 Å². The van der Waals surface area contributed by atoms with Crippen LogP contribution in [-0.2, 0) is 46.3 Å². The van der Waals surface area contributed by atoms with Crippen molar-refractivity contribution in [1.29, 1.82) is 0 Å². The summed E-state index contributed by atoms with van der Waals surface area (Å²) < 4.78 is 46.1. The highest BCUT2D eigenvalue weighted by Gasteiger charge is 2.70. The second-order valence-corrected chi connectivity index (χ2v) is 17.4. The zero-order valence-electron chi connectivity index (χ0n) is 34.3. The minimum Gasteiger partial charge on any atom is -0.444 e. The molecule has 320 valence electrons. The van der Waals surface area contributed by atoms with Crippen molar-refractivity contribution in [2.24, 2.45) is 23.2 Å². The molecule has 2 aliphatic carbocycles. The first-order valence-corrected chi connectivity index (χ1v) is 19.6. The van der Waals surface area contributed by atoms with Crippen molar-refractivity contribution < 1.29 is 51.5 Å². The number of benzene rings is 2. The van der Waals surface area contributed by atoms with E-state index in [9.17, 15) is 46.7 Å². The van der Waals surface area contributed by atoms with Gasteiger partial charge < -0.3 is 35.8 Å². The summed E-state index contributed by atoms with van der Waals surface area (Å²) in [5, 5.41) is 9.68. The lowest BCUT2D eigenvalue weighted by Gasteiger charge is -2.35.